The molecule has 1 aliphatic heterocycles. The minimum Gasteiger partial charge on any atom is -0.507 e. The number of aromatic hydroxyl groups is 1. The van der Waals surface area contributed by atoms with Gasteiger partial charge in [0.05, 0.1) is 12.8 Å². The van der Waals surface area contributed by atoms with E-state index < -0.39 is 5.97 Å². The molecule has 1 aromatic rings. The minimum absolute atomic E-state index is 0.0185. The largest absolute Gasteiger partial charge is 0.507 e. The van der Waals surface area contributed by atoms with Gasteiger partial charge in [0.25, 0.3) is 0 Å². The van der Waals surface area contributed by atoms with E-state index in [9.17, 15) is 9.90 Å². The molecule has 86 valence electrons. The summed E-state index contributed by atoms with van der Waals surface area (Å²) in [5.74, 6) is -0.531. The number of hydrogen-bond donors (Lipinski definition) is 1. The fraction of sp³-hybridized carbons (Fsp3) is 0.455. The molecule has 0 bridgehead atoms. The smallest absolute Gasteiger partial charge is 0.343 e. The Balaban J connectivity index is 2.44. The molecule has 0 atom stereocenters. The molecule has 2 heterocycles. The van der Waals surface area contributed by atoms with E-state index in [0.717, 1.165) is 17.8 Å². The number of pyridine rings is 1. The van der Waals surface area contributed by atoms with Gasteiger partial charge in [0.1, 0.15) is 11.3 Å². The average Bonchev–Trinajstić information content (AvgIpc) is 2.28. The Hall–Kier alpha value is -1.62. The minimum atomic E-state index is -0.549. The summed E-state index contributed by atoms with van der Waals surface area (Å²) in [6.45, 7) is 1.55. The quantitative estimate of drug-likeness (QED) is 0.703. The lowest BCUT2D eigenvalue weighted by Crippen LogP contribution is -2.27. The van der Waals surface area contributed by atoms with Crippen molar-refractivity contribution in [1.82, 2.24) is 9.88 Å². The van der Waals surface area contributed by atoms with Crippen molar-refractivity contribution in [1.29, 1.82) is 0 Å². The second-order valence-corrected chi connectivity index (χ2v) is 3.93. The number of nitrogens with zero attached hydrogens (tertiary/aromatic N) is 2. The molecule has 0 amide bonds. The summed E-state index contributed by atoms with van der Waals surface area (Å²) in [6, 6.07) is 0. The maximum atomic E-state index is 11.4. The van der Waals surface area contributed by atoms with Gasteiger partial charge in [-0.05, 0) is 13.5 Å². The lowest BCUT2D eigenvalue weighted by Gasteiger charge is -2.24. The molecule has 16 heavy (non-hydrogen) atoms. The van der Waals surface area contributed by atoms with Gasteiger partial charge in [-0.3, -0.25) is 4.98 Å². The third kappa shape index (κ3) is 1.74. The maximum absolute atomic E-state index is 11.4. The van der Waals surface area contributed by atoms with Crippen molar-refractivity contribution in [3.8, 4) is 5.75 Å². The topological polar surface area (TPSA) is 62.7 Å². The van der Waals surface area contributed by atoms with Crippen molar-refractivity contribution in [2.24, 2.45) is 0 Å². The van der Waals surface area contributed by atoms with Crippen LogP contribution < -0.4 is 0 Å². The van der Waals surface area contributed by atoms with Crippen molar-refractivity contribution in [2.75, 3.05) is 20.7 Å². The normalized spacial score (nSPS) is 15.6. The molecule has 2 rings (SSSR count). The predicted octanol–water partition coefficient (Wildman–Crippen LogP) is 0.562. The molecule has 1 N–H and O–H groups in total. The van der Waals surface area contributed by atoms with Crippen LogP contribution in [0.4, 0.5) is 0 Å². The summed E-state index contributed by atoms with van der Waals surface area (Å²) >= 11 is 0. The second-order valence-electron chi connectivity index (χ2n) is 3.93. The summed E-state index contributed by atoms with van der Waals surface area (Å²) in [5.41, 5.74) is 1.74. The molecular formula is C11H14N2O3. The first-order chi connectivity index (χ1) is 7.63. The van der Waals surface area contributed by atoms with E-state index in [4.69, 9.17) is 0 Å². The van der Waals surface area contributed by atoms with E-state index in [1.807, 2.05) is 7.05 Å². The number of methoxy groups -OCH3 is 1. The summed E-state index contributed by atoms with van der Waals surface area (Å²) in [7, 11) is 3.28. The number of hydrogen-bond acceptors (Lipinski definition) is 5. The highest BCUT2D eigenvalue weighted by Crippen LogP contribution is 2.28. The molecule has 0 spiro atoms. The van der Waals surface area contributed by atoms with Crippen LogP contribution >= 0.6 is 0 Å². The van der Waals surface area contributed by atoms with Gasteiger partial charge < -0.3 is 14.7 Å². The zero-order chi connectivity index (χ0) is 11.7. The molecule has 1 aliphatic rings. The monoisotopic (exact) mass is 222 g/mol. The van der Waals surface area contributed by atoms with E-state index in [1.54, 1.807) is 0 Å². The van der Waals surface area contributed by atoms with E-state index in [1.165, 1.54) is 13.3 Å². The van der Waals surface area contributed by atoms with Crippen LogP contribution in [0.15, 0.2) is 6.20 Å². The van der Waals surface area contributed by atoms with Crippen LogP contribution in [0, 0.1) is 0 Å². The van der Waals surface area contributed by atoms with Crippen LogP contribution in [-0.4, -0.2) is 41.7 Å². The van der Waals surface area contributed by atoms with Gasteiger partial charge >= 0.3 is 5.97 Å². The molecule has 0 aromatic carbocycles. The lowest BCUT2D eigenvalue weighted by molar-refractivity contribution is 0.0596. The Morgan fingerprint density at radius 2 is 2.38 bits per heavy atom. The van der Waals surface area contributed by atoms with Gasteiger partial charge in [-0.1, -0.05) is 0 Å². The molecule has 0 fully saturated rings. The Morgan fingerprint density at radius 3 is 3.06 bits per heavy atom. The SMILES string of the molecule is COC(=O)c1cnc2c(c1O)CCN(C)C2. The highest BCUT2D eigenvalue weighted by atomic mass is 16.5. The third-order valence-corrected chi connectivity index (χ3v) is 2.81. The average molecular weight is 222 g/mol. The Bertz CT molecular complexity index is 431. The lowest BCUT2D eigenvalue weighted by atomic mass is 10.0. The molecule has 0 saturated heterocycles. The maximum Gasteiger partial charge on any atom is 0.343 e. The van der Waals surface area contributed by atoms with Gasteiger partial charge in [0.2, 0.25) is 0 Å². The third-order valence-electron chi connectivity index (χ3n) is 2.81. The Kier molecular flexibility index (Phi) is 2.78. The van der Waals surface area contributed by atoms with Gasteiger partial charge in [0.15, 0.2) is 0 Å². The fourth-order valence-corrected chi connectivity index (χ4v) is 1.88. The molecule has 5 nitrogen and oxygen atoms in total. The molecular weight excluding hydrogens is 208 g/mol. The van der Waals surface area contributed by atoms with Crippen LogP contribution in [0.5, 0.6) is 5.75 Å². The van der Waals surface area contributed by atoms with Crippen molar-refractivity contribution < 1.29 is 14.6 Å². The first-order valence-corrected chi connectivity index (χ1v) is 5.10. The first kappa shape index (κ1) is 10.9. The Labute approximate surface area is 93.7 Å². The van der Waals surface area contributed by atoms with Crippen molar-refractivity contribution in [3.05, 3.63) is 23.0 Å². The molecule has 0 unspecified atom stereocenters. The summed E-state index contributed by atoms with van der Waals surface area (Å²) < 4.78 is 4.58. The fourth-order valence-electron chi connectivity index (χ4n) is 1.88. The number of fused-ring (bicyclic) bond motifs is 1. The van der Waals surface area contributed by atoms with Crippen LogP contribution in [-0.2, 0) is 17.7 Å². The van der Waals surface area contributed by atoms with Gasteiger partial charge in [-0.15, -0.1) is 0 Å². The Morgan fingerprint density at radius 1 is 1.62 bits per heavy atom. The number of aromatic nitrogens is 1. The zero-order valence-corrected chi connectivity index (χ0v) is 9.36. The molecule has 0 saturated carbocycles. The van der Waals surface area contributed by atoms with Gasteiger partial charge in [-0.25, -0.2) is 4.79 Å². The molecule has 0 aliphatic carbocycles. The van der Waals surface area contributed by atoms with Gasteiger partial charge in [-0.2, -0.15) is 0 Å². The first-order valence-electron chi connectivity index (χ1n) is 5.10. The van der Waals surface area contributed by atoms with E-state index in [2.05, 4.69) is 14.6 Å². The number of carbonyl (C=O) groups excluding carboxylic acids is 1. The standard InChI is InChI=1S/C11H14N2O3/c1-13-4-3-7-9(6-13)12-5-8(10(7)14)11(15)16-2/h5H,3-4,6H2,1-2H3,(H,12,14). The molecule has 1 aromatic heterocycles. The van der Waals surface area contributed by atoms with Crippen LogP contribution in [0.25, 0.3) is 0 Å². The van der Waals surface area contributed by atoms with E-state index >= 15 is 0 Å². The zero-order valence-electron chi connectivity index (χ0n) is 9.36. The van der Waals surface area contributed by atoms with Crippen LogP contribution in [0.3, 0.4) is 0 Å². The summed E-state index contributed by atoms with van der Waals surface area (Å²) in [6.07, 6.45) is 2.08. The van der Waals surface area contributed by atoms with Crippen molar-refractivity contribution in [3.63, 3.8) is 0 Å². The highest BCUT2D eigenvalue weighted by Gasteiger charge is 2.22. The number of carbonyl (C=O) groups is 1. The number of rotatable bonds is 1. The summed E-state index contributed by atoms with van der Waals surface area (Å²) in [5, 5.41) is 9.96. The number of ether oxygens (including phenoxy) is 1. The van der Waals surface area contributed by atoms with E-state index in [-0.39, 0.29) is 11.3 Å². The predicted molar refractivity (Wildman–Crippen MR) is 57.3 cm³/mol. The number of likely N-dealkylation sites (N-methyl/N-ethyl adjacent to an activating group) is 1. The molecule has 5 heteroatoms. The van der Waals surface area contributed by atoms with Crippen LogP contribution in [0.2, 0.25) is 0 Å². The van der Waals surface area contributed by atoms with Crippen molar-refractivity contribution in [2.45, 2.75) is 13.0 Å². The van der Waals surface area contributed by atoms with Crippen molar-refractivity contribution >= 4 is 5.97 Å². The second kappa shape index (κ2) is 4.09. The number of esters is 1. The van der Waals surface area contributed by atoms with Gasteiger partial charge in [0, 0.05) is 24.8 Å². The highest BCUT2D eigenvalue weighted by molar-refractivity contribution is 5.92. The summed E-state index contributed by atoms with van der Waals surface area (Å²) in [4.78, 5) is 17.7. The molecule has 0 radical (unpaired) electrons. The van der Waals surface area contributed by atoms with E-state index in [0.29, 0.717) is 13.0 Å². The van der Waals surface area contributed by atoms with Crippen LogP contribution in [0.1, 0.15) is 21.6 Å².